The van der Waals surface area contributed by atoms with Crippen LogP contribution in [0.25, 0.3) is 11.3 Å². The Kier molecular flexibility index (Phi) is 9.13. The number of amides is 1. The van der Waals surface area contributed by atoms with Crippen molar-refractivity contribution in [2.24, 2.45) is 0 Å². The van der Waals surface area contributed by atoms with Crippen molar-refractivity contribution in [3.8, 4) is 11.3 Å². The van der Waals surface area contributed by atoms with Crippen molar-refractivity contribution < 1.29 is 23.0 Å². The lowest BCUT2D eigenvalue weighted by Crippen LogP contribution is -2.36. The van der Waals surface area contributed by atoms with Crippen molar-refractivity contribution >= 4 is 46.0 Å². The molecule has 2 aliphatic rings. The van der Waals surface area contributed by atoms with E-state index in [9.17, 15) is 13.6 Å². The van der Waals surface area contributed by atoms with Crippen molar-refractivity contribution in [2.45, 2.75) is 0 Å². The minimum atomic E-state index is -0.561. The van der Waals surface area contributed by atoms with Crippen molar-refractivity contribution in [3.05, 3.63) is 91.1 Å². The number of hydrogen-bond acceptors (Lipinski definition) is 9. The number of benzene rings is 3. The first kappa shape index (κ1) is 30.0. The molecule has 232 valence electrons. The molecular weight excluding hydrogens is 580 g/mol. The highest BCUT2D eigenvalue weighted by Gasteiger charge is 2.18. The van der Waals surface area contributed by atoms with Gasteiger partial charge in [-0.2, -0.15) is 0 Å². The summed E-state index contributed by atoms with van der Waals surface area (Å²) in [7, 11) is 0. The molecule has 45 heavy (non-hydrogen) atoms. The summed E-state index contributed by atoms with van der Waals surface area (Å²) in [5.74, 6) is -1.15. The molecule has 0 aliphatic carbocycles. The Morgan fingerprint density at radius 2 is 1.51 bits per heavy atom. The fourth-order valence-corrected chi connectivity index (χ4v) is 5.24. The number of aromatic nitrogens is 2. The highest BCUT2D eigenvalue weighted by atomic mass is 19.1. The lowest BCUT2D eigenvalue weighted by Gasteiger charge is -2.29. The molecule has 1 aromatic heterocycles. The Balaban J connectivity index is 1.32. The highest BCUT2D eigenvalue weighted by Crippen LogP contribution is 2.33. The van der Waals surface area contributed by atoms with Gasteiger partial charge in [-0.05, 0) is 66.7 Å². The Morgan fingerprint density at radius 3 is 2.22 bits per heavy atom. The summed E-state index contributed by atoms with van der Waals surface area (Å²) >= 11 is 0. The molecular formula is C33H33F2N7O3. The maximum atomic E-state index is 14.8. The maximum Gasteiger partial charge on any atom is 0.247 e. The van der Waals surface area contributed by atoms with E-state index in [0.29, 0.717) is 67.8 Å². The smallest absolute Gasteiger partial charge is 0.247 e. The first-order chi connectivity index (χ1) is 21.9. The van der Waals surface area contributed by atoms with Gasteiger partial charge >= 0.3 is 0 Å². The van der Waals surface area contributed by atoms with Crippen LogP contribution < -0.4 is 25.8 Å². The summed E-state index contributed by atoms with van der Waals surface area (Å²) in [5.41, 5.74) is 4.45. The van der Waals surface area contributed by atoms with Crippen LogP contribution in [-0.4, -0.2) is 68.5 Å². The van der Waals surface area contributed by atoms with Gasteiger partial charge < -0.3 is 35.2 Å². The predicted molar refractivity (Wildman–Crippen MR) is 172 cm³/mol. The summed E-state index contributed by atoms with van der Waals surface area (Å²) in [6, 6.07) is 16.8. The third-order valence-electron chi connectivity index (χ3n) is 7.49. The van der Waals surface area contributed by atoms with Crippen LogP contribution in [0.3, 0.4) is 0 Å². The largest absolute Gasteiger partial charge is 0.378 e. The van der Waals surface area contributed by atoms with Gasteiger partial charge in [0.25, 0.3) is 0 Å². The number of nitrogens with zero attached hydrogens (tertiary/aromatic N) is 4. The van der Waals surface area contributed by atoms with E-state index in [-0.39, 0.29) is 17.5 Å². The van der Waals surface area contributed by atoms with Crippen molar-refractivity contribution in [3.63, 3.8) is 0 Å². The fourth-order valence-electron chi connectivity index (χ4n) is 5.24. The third kappa shape index (κ3) is 7.36. The Morgan fingerprint density at radius 1 is 0.822 bits per heavy atom. The van der Waals surface area contributed by atoms with Crippen molar-refractivity contribution in [2.75, 3.05) is 78.4 Å². The van der Waals surface area contributed by atoms with E-state index in [0.717, 1.165) is 30.5 Å². The van der Waals surface area contributed by atoms with Crippen LogP contribution in [0.4, 0.5) is 48.9 Å². The maximum absolute atomic E-state index is 14.8. The van der Waals surface area contributed by atoms with Crippen LogP contribution in [0.1, 0.15) is 0 Å². The molecule has 2 aliphatic heterocycles. The van der Waals surface area contributed by atoms with E-state index >= 15 is 0 Å². The number of halogens is 2. The third-order valence-corrected chi connectivity index (χ3v) is 7.49. The molecule has 2 saturated heterocycles. The molecule has 0 atom stereocenters. The number of carbonyl (C=O) groups is 1. The number of carbonyl (C=O) groups excluding carboxylic acids is 1. The summed E-state index contributed by atoms with van der Waals surface area (Å²) < 4.78 is 40.4. The SMILES string of the molecule is C=CC(=O)Nc1cc(F)cc(-c2nc(Nc3ccc(F)c(N4CCOCC4)c3)ncc2Nc2ccc(N3CCOCC3)cc2)c1. The summed E-state index contributed by atoms with van der Waals surface area (Å²) in [4.78, 5) is 25.4. The highest BCUT2D eigenvalue weighted by molar-refractivity contribution is 5.99. The average molecular weight is 614 g/mol. The van der Waals surface area contributed by atoms with Gasteiger partial charge in [0.2, 0.25) is 11.9 Å². The van der Waals surface area contributed by atoms with Crippen LogP contribution in [0, 0.1) is 11.6 Å². The number of morpholine rings is 2. The summed E-state index contributed by atoms with van der Waals surface area (Å²) in [5, 5.41) is 9.12. The zero-order chi connectivity index (χ0) is 31.2. The molecule has 3 heterocycles. The molecule has 0 saturated carbocycles. The van der Waals surface area contributed by atoms with Crippen LogP contribution >= 0.6 is 0 Å². The number of hydrogen-bond donors (Lipinski definition) is 3. The van der Waals surface area contributed by atoms with E-state index in [1.54, 1.807) is 24.4 Å². The minimum Gasteiger partial charge on any atom is -0.378 e. The lowest BCUT2D eigenvalue weighted by molar-refractivity contribution is -0.111. The van der Waals surface area contributed by atoms with Gasteiger partial charge in [0, 0.05) is 54.5 Å². The van der Waals surface area contributed by atoms with Crippen LogP contribution in [-0.2, 0) is 14.3 Å². The van der Waals surface area contributed by atoms with Crippen LogP contribution in [0.2, 0.25) is 0 Å². The first-order valence-electron chi connectivity index (χ1n) is 14.7. The molecule has 10 nitrogen and oxygen atoms in total. The second-order valence-electron chi connectivity index (χ2n) is 10.5. The van der Waals surface area contributed by atoms with Crippen LogP contribution in [0.5, 0.6) is 0 Å². The molecule has 3 aromatic carbocycles. The molecule has 3 N–H and O–H groups in total. The zero-order valence-electron chi connectivity index (χ0n) is 24.6. The van der Waals surface area contributed by atoms with E-state index < -0.39 is 11.7 Å². The van der Waals surface area contributed by atoms with Crippen molar-refractivity contribution in [1.29, 1.82) is 0 Å². The van der Waals surface area contributed by atoms with Crippen molar-refractivity contribution in [1.82, 2.24) is 9.97 Å². The monoisotopic (exact) mass is 613 g/mol. The fraction of sp³-hybridized carbons (Fsp3) is 0.242. The number of anilines is 7. The molecule has 2 fully saturated rings. The van der Waals surface area contributed by atoms with Gasteiger partial charge in [0.1, 0.15) is 11.6 Å². The first-order valence-corrected chi connectivity index (χ1v) is 14.7. The second kappa shape index (κ2) is 13.7. The predicted octanol–water partition coefficient (Wildman–Crippen LogP) is 5.71. The van der Waals surface area contributed by atoms with E-state index in [1.807, 2.05) is 29.2 Å². The van der Waals surface area contributed by atoms with E-state index in [2.05, 4.69) is 32.4 Å². The van der Waals surface area contributed by atoms with Gasteiger partial charge in [-0.15, -0.1) is 0 Å². The normalized spacial score (nSPS) is 15.0. The number of nitrogens with one attached hydrogen (secondary N) is 3. The Labute approximate surface area is 259 Å². The lowest BCUT2D eigenvalue weighted by atomic mass is 10.1. The number of ether oxygens (including phenoxy) is 2. The quantitative estimate of drug-likeness (QED) is 0.205. The van der Waals surface area contributed by atoms with E-state index in [1.165, 1.54) is 18.2 Å². The molecule has 0 spiro atoms. The molecule has 0 bridgehead atoms. The molecule has 1 amide bonds. The second-order valence-corrected chi connectivity index (χ2v) is 10.5. The molecule has 12 heteroatoms. The van der Waals surface area contributed by atoms with Gasteiger partial charge in [0.05, 0.1) is 49.7 Å². The average Bonchev–Trinajstić information content (AvgIpc) is 3.07. The van der Waals surface area contributed by atoms with Gasteiger partial charge in [-0.3, -0.25) is 4.79 Å². The zero-order valence-corrected chi connectivity index (χ0v) is 24.6. The summed E-state index contributed by atoms with van der Waals surface area (Å²) in [6.45, 7) is 8.71. The molecule has 4 aromatic rings. The standard InChI is InChI=1S/C33H33F2N7O3/c1-2-31(43)38-26-18-22(17-23(34)19-26)32-29(37-24-3-6-27(7-4-24)41-9-13-44-14-10-41)21-36-33(40-32)39-25-5-8-28(35)30(20-25)42-11-15-45-16-12-42/h2-8,17-21,37H,1,9-16H2,(H,38,43)(H,36,39,40). The summed E-state index contributed by atoms with van der Waals surface area (Å²) in [6.07, 6.45) is 2.71. The van der Waals surface area contributed by atoms with Crippen LogP contribution in [0.15, 0.2) is 79.5 Å². The topological polar surface area (TPSA) is 104 Å². The Bertz CT molecular complexity index is 1670. The van der Waals surface area contributed by atoms with E-state index in [4.69, 9.17) is 14.5 Å². The molecule has 0 radical (unpaired) electrons. The Hall–Kier alpha value is -5.07. The van der Waals surface area contributed by atoms with Gasteiger partial charge in [-0.25, -0.2) is 18.7 Å². The number of rotatable bonds is 9. The minimum absolute atomic E-state index is 0.221. The van der Waals surface area contributed by atoms with Gasteiger partial charge in [-0.1, -0.05) is 6.58 Å². The van der Waals surface area contributed by atoms with Gasteiger partial charge in [0.15, 0.2) is 0 Å². The molecule has 0 unspecified atom stereocenters. The molecule has 6 rings (SSSR count).